The van der Waals surface area contributed by atoms with E-state index in [1.807, 2.05) is 24.8 Å². The number of pyridine rings is 1. The minimum atomic E-state index is -0.528. The predicted octanol–water partition coefficient (Wildman–Crippen LogP) is 5.35. The van der Waals surface area contributed by atoms with Crippen LogP contribution in [0.25, 0.3) is 11.0 Å². The van der Waals surface area contributed by atoms with Crippen LogP contribution >= 0.6 is 11.6 Å². The maximum Gasteiger partial charge on any atom is 0.294 e. The van der Waals surface area contributed by atoms with E-state index in [9.17, 15) is 14.4 Å². The van der Waals surface area contributed by atoms with E-state index in [4.69, 9.17) is 16.0 Å². The lowest BCUT2D eigenvalue weighted by Gasteiger charge is -2.30. The molecule has 2 N–H and O–H groups in total. The fraction of sp³-hybridized carbons (Fsp3) is 0.385. The molecular formula is C26H29ClN4O4. The largest absolute Gasteiger partial charge is 0.449 e. The van der Waals surface area contributed by atoms with Gasteiger partial charge in [-0.3, -0.25) is 14.4 Å². The number of rotatable bonds is 7. The van der Waals surface area contributed by atoms with E-state index < -0.39 is 5.91 Å². The Bertz CT molecular complexity index is 1210. The first-order valence-electron chi connectivity index (χ1n) is 11.9. The molecule has 0 bridgehead atoms. The molecule has 3 aromatic rings. The summed E-state index contributed by atoms with van der Waals surface area (Å²) in [5.41, 5.74) is 0.823. The second-order valence-corrected chi connectivity index (χ2v) is 9.10. The maximum absolute atomic E-state index is 13.2. The molecule has 0 unspecified atom stereocenters. The van der Waals surface area contributed by atoms with E-state index >= 15 is 0 Å². The van der Waals surface area contributed by atoms with Gasteiger partial charge in [0.15, 0.2) is 0 Å². The zero-order chi connectivity index (χ0) is 24.9. The molecule has 1 fully saturated rings. The van der Waals surface area contributed by atoms with Crippen molar-refractivity contribution in [1.29, 1.82) is 0 Å². The Morgan fingerprint density at radius 3 is 2.34 bits per heavy atom. The number of nitrogens with one attached hydrogen (secondary N) is 2. The molecule has 1 saturated carbocycles. The molecule has 9 heteroatoms. The van der Waals surface area contributed by atoms with Crippen molar-refractivity contribution in [2.45, 2.75) is 39.5 Å². The number of anilines is 2. The summed E-state index contributed by atoms with van der Waals surface area (Å²) in [6.45, 7) is 5.35. The van der Waals surface area contributed by atoms with Gasteiger partial charge < -0.3 is 20.0 Å². The average Bonchev–Trinajstić information content (AvgIpc) is 3.24. The molecule has 2 heterocycles. The number of nitrogens with zero attached hydrogens (tertiary/aromatic N) is 2. The second kappa shape index (κ2) is 10.9. The summed E-state index contributed by atoms with van der Waals surface area (Å²) in [5, 5.41) is 6.71. The van der Waals surface area contributed by atoms with Crippen LogP contribution in [0.4, 0.5) is 11.5 Å². The Labute approximate surface area is 209 Å². The number of carbonyl (C=O) groups excluding carboxylic acids is 3. The van der Waals surface area contributed by atoms with Crippen molar-refractivity contribution in [2.24, 2.45) is 11.8 Å². The third-order valence-corrected chi connectivity index (χ3v) is 6.76. The zero-order valence-corrected chi connectivity index (χ0v) is 20.6. The molecule has 0 spiro atoms. The predicted molar refractivity (Wildman–Crippen MR) is 135 cm³/mol. The van der Waals surface area contributed by atoms with Gasteiger partial charge in [-0.05, 0) is 63.8 Å². The Hall–Kier alpha value is -3.39. The quantitative estimate of drug-likeness (QED) is 0.459. The van der Waals surface area contributed by atoms with Gasteiger partial charge in [0.2, 0.25) is 17.6 Å². The number of fused-ring (bicyclic) bond motifs is 1. The van der Waals surface area contributed by atoms with Crippen LogP contribution in [0.3, 0.4) is 0 Å². The van der Waals surface area contributed by atoms with Crippen LogP contribution in [-0.2, 0) is 9.59 Å². The summed E-state index contributed by atoms with van der Waals surface area (Å²) >= 11 is 5.87. The molecule has 1 aliphatic carbocycles. The number of hydrogen-bond acceptors (Lipinski definition) is 5. The lowest BCUT2D eigenvalue weighted by atomic mass is 9.81. The Morgan fingerprint density at radius 2 is 1.69 bits per heavy atom. The number of carbonyl (C=O) groups is 3. The van der Waals surface area contributed by atoms with Gasteiger partial charge in [-0.1, -0.05) is 23.7 Å². The van der Waals surface area contributed by atoms with E-state index in [1.54, 1.807) is 30.3 Å². The highest BCUT2D eigenvalue weighted by atomic mass is 35.5. The minimum absolute atomic E-state index is 0.00157. The van der Waals surface area contributed by atoms with Crippen molar-refractivity contribution in [3.63, 3.8) is 0 Å². The lowest BCUT2D eigenvalue weighted by molar-refractivity contribution is -0.137. The standard InChI is InChI=1S/C26H29ClN4O4/c1-3-31(4-2)26(34)17-11-9-16(10-12-17)24(32)30-22-19-7-5-6-8-20(19)35-23(22)25(33)29-21-14-13-18(27)15-28-21/h5-8,13-17H,3-4,9-12H2,1-2H3,(H,30,32)(H,28,29,33)/t16-,17-. The molecule has 0 radical (unpaired) electrons. The number of para-hydroxylation sites is 1. The molecule has 8 nitrogen and oxygen atoms in total. The smallest absolute Gasteiger partial charge is 0.294 e. The molecule has 0 aliphatic heterocycles. The second-order valence-electron chi connectivity index (χ2n) is 8.67. The van der Waals surface area contributed by atoms with Crippen LogP contribution in [0.1, 0.15) is 50.1 Å². The zero-order valence-electron chi connectivity index (χ0n) is 19.8. The van der Waals surface area contributed by atoms with E-state index in [2.05, 4.69) is 15.6 Å². The minimum Gasteiger partial charge on any atom is -0.449 e. The van der Waals surface area contributed by atoms with Gasteiger partial charge in [0.1, 0.15) is 17.1 Å². The molecular weight excluding hydrogens is 468 g/mol. The topological polar surface area (TPSA) is 105 Å². The van der Waals surface area contributed by atoms with Crippen molar-refractivity contribution in [3.8, 4) is 0 Å². The first-order chi connectivity index (χ1) is 16.9. The molecule has 4 rings (SSSR count). The maximum atomic E-state index is 13.2. The van der Waals surface area contributed by atoms with Crippen molar-refractivity contribution < 1.29 is 18.8 Å². The van der Waals surface area contributed by atoms with E-state index in [0.29, 0.717) is 66.3 Å². The Balaban J connectivity index is 1.49. The number of aromatic nitrogens is 1. The van der Waals surface area contributed by atoms with Crippen molar-refractivity contribution >= 4 is 51.8 Å². The van der Waals surface area contributed by atoms with Crippen LogP contribution in [-0.4, -0.2) is 40.7 Å². The lowest BCUT2D eigenvalue weighted by Crippen LogP contribution is -2.38. The van der Waals surface area contributed by atoms with E-state index in [0.717, 1.165) is 0 Å². The Kier molecular flexibility index (Phi) is 7.70. The van der Waals surface area contributed by atoms with Gasteiger partial charge in [-0.2, -0.15) is 0 Å². The van der Waals surface area contributed by atoms with Gasteiger partial charge in [0.05, 0.1) is 5.02 Å². The van der Waals surface area contributed by atoms with Crippen LogP contribution in [0.2, 0.25) is 5.02 Å². The van der Waals surface area contributed by atoms with E-state index in [-0.39, 0.29) is 29.4 Å². The third-order valence-electron chi connectivity index (χ3n) is 6.54. The van der Waals surface area contributed by atoms with Crippen LogP contribution in [0.5, 0.6) is 0 Å². The summed E-state index contributed by atoms with van der Waals surface area (Å²) in [4.78, 5) is 44.8. The molecule has 0 saturated heterocycles. The highest BCUT2D eigenvalue weighted by Gasteiger charge is 2.33. The molecule has 1 aromatic carbocycles. The highest BCUT2D eigenvalue weighted by Crippen LogP contribution is 2.35. The third kappa shape index (κ3) is 5.48. The Morgan fingerprint density at radius 1 is 1.00 bits per heavy atom. The van der Waals surface area contributed by atoms with Gasteiger partial charge in [-0.25, -0.2) is 4.98 Å². The fourth-order valence-electron chi connectivity index (χ4n) is 4.57. The average molecular weight is 497 g/mol. The molecule has 0 atom stereocenters. The SMILES string of the molecule is CCN(CC)C(=O)[C@H]1CC[C@H](C(=O)Nc2c(C(=O)Nc3ccc(Cl)cn3)oc3ccccc23)CC1. The summed E-state index contributed by atoms with van der Waals surface area (Å²) in [7, 11) is 0. The van der Waals surface area contributed by atoms with Crippen molar-refractivity contribution in [1.82, 2.24) is 9.88 Å². The summed E-state index contributed by atoms with van der Waals surface area (Å²) in [5.74, 6) is -0.497. The van der Waals surface area contributed by atoms with Gasteiger partial charge in [0.25, 0.3) is 5.91 Å². The molecule has 184 valence electrons. The highest BCUT2D eigenvalue weighted by molar-refractivity contribution is 6.30. The number of benzene rings is 1. The number of furan rings is 1. The first-order valence-corrected chi connectivity index (χ1v) is 12.3. The van der Waals surface area contributed by atoms with Gasteiger partial charge >= 0.3 is 0 Å². The normalized spacial score (nSPS) is 17.7. The van der Waals surface area contributed by atoms with Crippen molar-refractivity contribution in [3.05, 3.63) is 53.4 Å². The van der Waals surface area contributed by atoms with Crippen LogP contribution in [0, 0.1) is 11.8 Å². The first kappa shape index (κ1) is 24.7. The monoisotopic (exact) mass is 496 g/mol. The molecule has 2 aromatic heterocycles. The molecule has 1 aliphatic rings. The van der Waals surface area contributed by atoms with Crippen LogP contribution < -0.4 is 10.6 Å². The van der Waals surface area contributed by atoms with Crippen LogP contribution in [0.15, 0.2) is 47.0 Å². The molecule has 3 amide bonds. The number of amides is 3. The van der Waals surface area contributed by atoms with Gasteiger partial charge in [0, 0.05) is 36.5 Å². The fourth-order valence-corrected chi connectivity index (χ4v) is 4.69. The number of halogens is 1. The summed E-state index contributed by atoms with van der Waals surface area (Å²) in [6.07, 6.45) is 4.02. The van der Waals surface area contributed by atoms with E-state index in [1.165, 1.54) is 6.20 Å². The summed E-state index contributed by atoms with van der Waals surface area (Å²) < 4.78 is 5.81. The summed E-state index contributed by atoms with van der Waals surface area (Å²) in [6, 6.07) is 10.4. The number of hydrogen-bond donors (Lipinski definition) is 2. The van der Waals surface area contributed by atoms with Crippen molar-refractivity contribution in [2.75, 3.05) is 23.7 Å². The van der Waals surface area contributed by atoms with Gasteiger partial charge in [-0.15, -0.1) is 0 Å². The molecule has 35 heavy (non-hydrogen) atoms.